The molecule has 0 aliphatic rings. The number of rotatable bonds is 4. The normalized spacial score (nSPS) is 11.6. The van der Waals surface area contributed by atoms with E-state index in [0.29, 0.717) is 5.56 Å². The van der Waals surface area contributed by atoms with Crippen molar-refractivity contribution in [2.75, 3.05) is 13.1 Å². The van der Waals surface area contributed by atoms with Gasteiger partial charge in [0, 0.05) is 0 Å². The molecule has 0 aromatic carbocycles. The van der Waals surface area contributed by atoms with Crippen molar-refractivity contribution < 1.29 is 13.6 Å². The summed E-state index contributed by atoms with van der Waals surface area (Å²) in [6.45, 7) is -0.310. The number of hydrogen-bond donors (Lipinski definition) is 4. The van der Waals surface area contributed by atoms with Crippen LogP contribution in [0.15, 0.2) is 15.7 Å². The predicted molar refractivity (Wildman–Crippen MR) is 74.1 cm³/mol. The van der Waals surface area contributed by atoms with E-state index < -0.39 is 36.2 Å². The minimum Gasteiger partial charge on any atom is -0.345 e. The first-order chi connectivity index (χ1) is 10.2. The fourth-order valence-electron chi connectivity index (χ4n) is 1.84. The number of halogens is 2. The molecule has 0 unspecified atom stereocenters. The van der Waals surface area contributed by atoms with Crippen molar-refractivity contribution in [1.82, 2.24) is 20.3 Å². The molecule has 2 rings (SSSR count). The maximum atomic E-state index is 13.0. The molecule has 0 saturated heterocycles. The molecule has 2 aromatic heterocycles. The van der Waals surface area contributed by atoms with Crippen LogP contribution in [0.2, 0.25) is 0 Å². The number of carbonyl (C=O) groups is 1. The molecule has 0 radical (unpaired) electrons. The van der Waals surface area contributed by atoms with Crippen molar-refractivity contribution in [3.8, 4) is 0 Å². The number of nitrogens with two attached hydrogens (primary N) is 1. The van der Waals surface area contributed by atoms with Crippen LogP contribution in [0, 0.1) is 6.92 Å². The van der Waals surface area contributed by atoms with Gasteiger partial charge in [-0.05, 0) is 18.6 Å². The second-order valence-electron chi connectivity index (χ2n) is 4.70. The molecule has 0 aliphatic carbocycles. The molecule has 8 nitrogen and oxygen atoms in total. The monoisotopic (exact) mass is 313 g/mol. The predicted octanol–water partition coefficient (Wildman–Crippen LogP) is -0.756. The van der Waals surface area contributed by atoms with Gasteiger partial charge in [-0.3, -0.25) is 19.6 Å². The Labute approximate surface area is 121 Å². The first-order valence-corrected chi connectivity index (χ1v) is 6.23. The molecule has 10 heteroatoms. The SMILES string of the molecule is Cc1cc(C(=O)NCC(F)(F)CN)nc2[nH]c(=O)[nH]c(=O)c12. The zero-order valence-electron chi connectivity index (χ0n) is 11.5. The highest BCUT2D eigenvalue weighted by Crippen LogP contribution is 2.12. The Hall–Kier alpha value is -2.62. The number of H-pyrrole nitrogens is 2. The van der Waals surface area contributed by atoms with E-state index in [1.165, 1.54) is 13.0 Å². The number of alkyl halides is 2. The Morgan fingerprint density at radius 1 is 1.41 bits per heavy atom. The lowest BCUT2D eigenvalue weighted by Gasteiger charge is -2.14. The fraction of sp³-hybridized carbons (Fsp3) is 0.333. The Balaban J connectivity index is 2.39. The zero-order valence-corrected chi connectivity index (χ0v) is 11.5. The van der Waals surface area contributed by atoms with Gasteiger partial charge in [0.05, 0.1) is 18.5 Å². The van der Waals surface area contributed by atoms with Crippen LogP contribution in [0.1, 0.15) is 16.1 Å². The van der Waals surface area contributed by atoms with Crippen LogP contribution < -0.4 is 22.3 Å². The average Bonchev–Trinajstić information content (AvgIpc) is 2.43. The Morgan fingerprint density at radius 3 is 2.73 bits per heavy atom. The van der Waals surface area contributed by atoms with E-state index in [4.69, 9.17) is 5.73 Å². The van der Waals surface area contributed by atoms with Crippen molar-refractivity contribution in [1.29, 1.82) is 0 Å². The van der Waals surface area contributed by atoms with Gasteiger partial charge < -0.3 is 11.1 Å². The maximum absolute atomic E-state index is 13.0. The van der Waals surface area contributed by atoms with Crippen LogP contribution in [-0.4, -0.2) is 39.9 Å². The first-order valence-electron chi connectivity index (χ1n) is 6.23. The molecule has 0 aliphatic heterocycles. The van der Waals surface area contributed by atoms with E-state index >= 15 is 0 Å². The van der Waals surface area contributed by atoms with E-state index in [9.17, 15) is 23.2 Å². The third-order valence-electron chi connectivity index (χ3n) is 2.94. The van der Waals surface area contributed by atoms with E-state index in [1.54, 1.807) is 0 Å². The summed E-state index contributed by atoms with van der Waals surface area (Å²) in [5.74, 6) is -4.09. The summed E-state index contributed by atoms with van der Waals surface area (Å²) in [6.07, 6.45) is 0. The van der Waals surface area contributed by atoms with Crippen molar-refractivity contribution in [3.63, 3.8) is 0 Å². The van der Waals surface area contributed by atoms with Crippen molar-refractivity contribution in [2.24, 2.45) is 5.73 Å². The summed E-state index contributed by atoms with van der Waals surface area (Å²) in [5, 5.41) is 2.12. The topological polar surface area (TPSA) is 134 Å². The second-order valence-corrected chi connectivity index (χ2v) is 4.70. The summed E-state index contributed by atoms with van der Waals surface area (Å²) < 4.78 is 26.0. The Kier molecular flexibility index (Phi) is 4.04. The van der Waals surface area contributed by atoms with Crippen molar-refractivity contribution in [3.05, 3.63) is 38.2 Å². The molecule has 5 N–H and O–H groups in total. The number of fused-ring (bicyclic) bond motifs is 1. The highest BCUT2D eigenvalue weighted by Gasteiger charge is 2.27. The summed E-state index contributed by atoms with van der Waals surface area (Å²) in [7, 11) is 0. The van der Waals surface area contributed by atoms with Crippen LogP contribution in [0.25, 0.3) is 11.0 Å². The minimum atomic E-state index is -3.23. The lowest BCUT2D eigenvalue weighted by molar-refractivity contribution is 0.0118. The second kappa shape index (κ2) is 5.64. The first kappa shape index (κ1) is 15.8. The lowest BCUT2D eigenvalue weighted by atomic mass is 10.1. The van der Waals surface area contributed by atoms with Gasteiger partial charge in [-0.2, -0.15) is 0 Å². The third kappa shape index (κ3) is 3.17. The lowest BCUT2D eigenvalue weighted by Crippen LogP contribution is -2.41. The molecule has 0 atom stereocenters. The minimum absolute atomic E-state index is 0.0931. The van der Waals surface area contributed by atoms with E-state index in [0.717, 1.165) is 0 Å². The van der Waals surface area contributed by atoms with Crippen molar-refractivity contribution >= 4 is 16.9 Å². The number of aromatic amines is 2. The third-order valence-corrected chi connectivity index (χ3v) is 2.94. The Bertz CT molecular complexity index is 843. The molecule has 0 bridgehead atoms. The van der Waals surface area contributed by atoms with Crippen LogP contribution in [0.3, 0.4) is 0 Å². The largest absolute Gasteiger partial charge is 0.345 e. The van der Waals surface area contributed by atoms with Crippen LogP contribution in [0.5, 0.6) is 0 Å². The fourth-order valence-corrected chi connectivity index (χ4v) is 1.84. The number of aromatic nitrogens is 3. The average molecular weight is 313 g/mol. The molecule has 0 saturated carbocycles. The standard InChI is InChI=1S/C12H13F2N5O3/c1-5-2-6(9(20)16-4-12(13,14)3-15)17-8-7(5)10(21)19-11(22)18-8/h2H,3-4,15H2,1H3,(H,16,20)(H2,17,18,19,21,22). The van der Waals surface area contributed by atoms with E-state index in [-0.39, 0.29) is 16.7 Å². The molecular weight excluding hydrogens is 300 g/mol. The summed E-state index contributed by atoms with van der Waals surface area (Å²) in [4.78, 5) is 42.9. The summed E-state index contributed by atoms with van der Waals surface area (Å²) >= 11 is 0. The molecule has 2 aromatic rings. The highest BCUT2D eigenvalue weighted by atomic mass is 19.3. The molecule has 0 spiro atoms. The van der Waals surface area contributed by atoms with Gasteiger partial charge in [0.25, 0.3) is 17.4 Å². The molecule has 0 fully saturated rings. The van der Waals surface area contributed by atoms with Gasteiger partial charge in [0.1, 0.15) is 11.3 Å². The molecule has 2 heterocycles. The van der Waals surface area contributed by atoms with Gasteiger partial charge >= 0.3 is 5.69 Å². The maximum Gasteiger partial charge on any atom is 0.327 e. The number of amides is 1. The number of aryl methyl sites for hydroxylation is 1. The number of hydrogen-bond acceptors (Lipinski definition) is 5. The van der Waals surface area contributed by atoms with E-state index in [2.05, 4.69) is 9.97 Å². The molecule has 1 amide bonds. The number of pyridine rings is 1. The molecular formula is C12H13F2N5O3. The van der Waals surface area contributed by atoms with E-state index in [1.807, 2.05) is 10.3 Å². The van der Waals surface area contributed by atoms with Crippen LogP contribution in [-0.2, 0) is 0 Å². The molecule has 118 valence electrons. The van der Waals surface area contributed by atoms with Crippen LogP contribution >= 0.6 is 0 Å². The number of nitrogens with one attached hydrogen (secondary N) is 3. The summed E-state index contributed by atoms with van der Waals surface area (Å²) in [6, 6.07) is 1.27. The van der Waals surface area contributed by atoms with Gasteiger partial charge in [-0.1, -0.05) is 0 Å². The number of nitrogens with zero attached hydrogens (tertiary/aromatic N) is 1. The van der Waals surface area contributed by atoms with Crippen molar-refractivity contribution in [2.45, 2.75) is 12.8 Å². The molecule has 22 heavy (non-hydrogen) atoms. The highest BCUT2D eigenvalue weighted by molar-refractivity contribution is 5.95. The van der Waals surface area contributed by atoms with Crippen LogP contribution in [0.4, 0.5) is 8.78 Å². The van der Waals surface area contributed by atoms with Gasteiger partial charge in [0.15, 0.2) is 0 Å². The van der Waals surface area contributed by atoms with Gasteiger partial charge in [0.2, 0.25) is 0 Å². The number of carbonyl (C=O) groups excluding carboxylic acids is 1. The smallest absolute Gasteiger partial charge is 0.327 e. The Morgan fingerprint density at radius 2 is 2.09 bits per heavy atom. The zero-order chi connectivity index (χ0) is 16.5. The summed E-state index contributed by atoms with van der Waals surface area (Å²) in [5.41, 5.74) is 3.52. The van der Waals surface area contributed by atoms with Gasteiger partial charge in [-0.25, -0.2) is 18.6 Å². The quantitative estimate of drug-likeness (QED) is 0.589. The van der Waals surface area contributed by atoms with Gasteiger partial charge in [-0.15, -0.1) is 0 Å².